The quantitative estimate of drug-likeness (QED) is 0.543. The summed E-state index contributed by atoms with van der Waals surface area (Å²) in [7, 11) is 0. The lowest BCUT2D eigenvalue weighted by atomic mass is 9.86. The molecule has 158 valence electrons. The zero-order valence-corrected chi connectivity index (χ0v) is 18.2. The number of hydrogen-bond donors (Lipinski definition) is 3. The minimum Gasteiger partial charge on any atom is -0.332 e. The Bertz CT molecular complexity index is 890. The predicted molar refractivity (Wildman–Crippen MR) is 126 cm³/mol. The zero-order valence-electron chi connectivity index (χ0n) is 17.4. The van der Waals surface area contributed by atoms with E-state index in [4.69, 9.17) is 12.2 Å². The van der Waals surface area contributed by atoms with Gasteiger partial charge in [0.1, 0.15) is 0 Å². The molecule has 6 heteroatoms. The normalized spacial score (nSPS) is 14.0. The van der Waals surface area contributed by atoms with Gasteiger partial charge in [0, 0.05) is 23.4 Å². The summed E-state index contributed by atoms with van der Waals surface area (Å²) in [4.78, 5) is 24.5. The molecular formula is C24H29N3O2S. The van der Waals surface area contributed by atoms with Crippen molar-refractivity contribution in [2.45, 2.75) is 51.9 Å². The lowest BCUT2D eigenvalue weighted by Crippen LogP contribution is -2.34. The van der Waals surface area contributed by atoms with Crippen LogP contribution in [-0.2, 0) is 4.79 Å². The van der Waals surface area contributed by atoms with E-state index in [1.165, 1.54) is 32.1 Å². The van der Waals surface area contributed by atoms with Crippen LogP contribution in [0.25, 0.3) is 0 Å². The maximum atomic E-state index is 12.3. The van der Waals surface area contributed by atoms with Gasteiger partial charge in [0.2, 0.25) is 5.91 Å². The fraction of sp³-hybridized carbons (Fsp3) is 0.375. The molecule has 30 heavy (non-hydrogen) atoms. The standard InChI is InChI=1S/C24H29N3O2S/c1-17-6-5-9-19(16-17)23(29)25-20-11-13-21(14-12-20)26-24(30)27-22(28)15-10-18-7-3-2-4-8-18/h5-6,9,11-14,16,18H,2-4,7-8,10,15H2,1H3,(H,25,29)(H2,26,27,28,30). The van der Waals surface area contributed by atoms with Gasteiger partial charge in [-0.15, -0.1) is 0 Å². The molecule has 0 atom stereocenters. The van der Waals surface area contributed by atoms with Crippen molar-refractivity contribution >= 4 is 40.5 Å². The highest BCUT2D eigenvalue weighted by atomic mass is 32.1. The first-order valence-corrected chi connectivity index (χ1v) is 11.0. The highest BCUT2D eigenvalue weighted by Crippen LogP contribution is 2.27. The van der Waals surface area contributed by atoms with Gasteiger partial charge in [0.15, 0.2) is 5.11 Å². The molecule has 3 N–H and O–H groups in total. The second-order valence-corrected chi connectivity index (χ2v) is 8.35. The van der Waals surface area contributed by atoms with Crippen molar-refractivity contribution in [3.8, 4) is 0 Å². The van der Waals surface area contributed by atoms with Crippen molar-refractivity contribution in [2.75, 3.05) is 10.6 Å². The average molecular weight is 424 g/mol. The van der Waals surface area contributed by atoms with Crippen LogP contribution >= 0.6 is 12.2 Å². The van der Waals surface area contributed by atoms with E-state index < -0.39 is 0 Å². The minimum absolute atomic E-state index is 0.0416. The highest BCUT2D eigenvalue weighted by Gasteiger charge is 2.15. The summed E-state index contributed by atoms with van der Waals surface area (Å²) in [6.07, 6.45) is 7.82. The van der Waals surface area contributed by atoms with E-state index in [-0.39, 0.29) is 11.8 Å². The number of carbonyl (C=O) groups is 2. The minimum atomic E-state index is -0.153. The maximum Gasteiger partial charge on any atom is 0.255 e. The fourth-order valence-corrected chi connectivity index (χ4v) is 4.02. The molecule has 1 fully saturated rings. The predicted octanol–water partition coefficient (Wildman–Crippen LogP) is 5.42. The molecule has 0 aromatic heterocycles. The van der Waals surface area contributed by atoms with Crippen LogP contribution in [0.3, 0.4) is 0 Å². The van der Waals surface area contributed by atoms with Crippen molar-refractivity contribution in [1.29, 1.82) is 0 Å². The van der Waals surface area contributed by atoms with E-state index >= 15 is 0 Å². The topological polar surface area (TPSA) is 70.2 Å². The molecule has 2 amide bonds. The first-order chi connectivity index (χ1) is 14.5. The van der Waals surface area contributed by atoms with E-state index in [1.54, 1.807) is 18.2 Å². The SMILES string of the molecule is Cc1cccc(C(=O)Nc2ccc(NC(=S)NC(=O)CCC3CCCCC3)cc2)c1. The molecular weight excluding hydrogens is 394 g/mol. The Morgan fingerprint density at radius 2 is 1.63 bits per heavy atom. The van der Waals surface area contributed by atoms with Gasteiger partial charge in [0.25, 0.3) is 5.91 Å². The van der Waals surface area contributed by atoms with Crippen molar-refractivity contribution < 1.29 is 9.59 Å². The van der Waals surface area contributed by atoms with Crippen molar-refractivity contribution in [3.63, 3.8) is 0 Å². The first-order valence-electron chi connectivity index (χ1n) is 10.6. The molecule has 2 aromatic rings. The lowest BCUT2D eigenvalue weighted by molar-refractivity contribution is -0.120. The summed E-state index contributed by atoms with van der Waals surface area (Å²) < 4.78 is 0. The van der Waals surface area contributed by atoms with Gasteiger partial charge in [0.05, 0.1) is 0 Å². The third-order valence-electron chi connectivity index (χ3n) is 5.44. The largest absolute Gasteiger partial charge is 0.332 e. The summed E-state index contributed by atoms with van der Waals surface area (Å²) in [5, 5.41) is 8.94. The van der Waals surface area contributed by atoms with Crippen LogP contribution in [0, 0.1) is 12.8 Å². The second kappa shape index (κ2) is 10.9. The van der Waals surface area contributed by atoms with Crippen LogP contribution in [-0.4, -0.2) is 16.9 Å². The fourth-order valence-electron chi connectivity index (χ4n) is 3.79. The molecule has 5 nitrogen and oxygen atoms in total. The Balaban J connectivity index is 1.43. The molecule has 1 aliphatic carbocycles. The van der Waals surface area contributed by atoms with Gasteiger partial charge in [-0.2, -0.15) is 0 Å². The molecule has 0 saturated heterocycles. The van der Waals surface area contributed by atoms with Gasteiger partial charge in [-0.05, 0) is 67.9 Å². The molecule has 0 spiro atoms. The van der Waals surface area contributed by atoms with E-state index in [2.05, 4.69) is 16.0 Å². The van der Waals surface area contributed by atoms with Crippen LogP contribution in [0.15, 0.2) is 48.5 Å². The smallest absolute Gasteiger partial charge is 0.255 e. The van der Waals surface area contributed by atoms with Gasteiger partial charge in [-0.25, -0.2) is 0 Å². The number of aryl methyl sites for hydroxylation is 1. The zero-order chi connectivity index (χ0) is 21.3. The molecule has 0 bridgehead atoms. The Morgan fingerprint density at radius 1 is 0.967 bits per heavy atom. The number of anilines is 2. The summed E-state index contributed by atoms with van der Waals surface area (Å²) in [5.74, 6) is 0.480. The molecule has 0 radical (unpaired) electrons. The number of benzene rings is 2. The second-order valence-electron chi connectivity index (χ2n) is 7.95. The van der Waals surface area contributed by atoms with Crippen LogP contribution < -0.4 is 16.0 Å². The maximum absolute atomic E-state index is 12.3. The molecule has 0 heterocycles. The summed E-state index contributed by atoms with van der Waals surface area (Å²) in [6.45, 7) is 1.95. The molecule has 1 saturated carbocycles. The van der Waals surface area contributed by atoms with Gasteiger partial charge in [-0.3, -0.25) is 9.59 Å². The number of carbonyl (C=O) groups excluding carboxylic acids is 2. The first kappa shape index (κ1) is 22.0. The van der Waals surface area contributed by atoms with Crippen LogP contribution in [0.1, 0.15) is 60.9 Å². The summed E-state index contributed by atoms with van der Waals surface area (Å²) in [6, 6.07) is 14.7. The monoisotopic (exact) mass is 423 g/mol. The third-order valence-corrected chi connectivity index (χ3v) is 5.64. The molecule has 1 aliphatic rings. The highest BCUT2D eigenvalue weighted by molar-refractivity contribution is 7.80. The summed E-state index contributed by atoms with van der Waals surface area (Å²) in [5.41, 5.74) is 3.10. The van der Waals surface area contributed by atoms with E-state index in [0.29, 0.717) is 28.7 Å². The molecule has 3 rings (SSSR count). The number of rotatable bonds is 6. The van der Waals surface area contributed by atoms with Crippen LogP contribution in [0.2, 0.25) is 0 Å². The van der Waals surface area contributed by atoms with Crippen LogP contribution in [0.4, 0.5) is 11.4 Å². The number of nitrogens with one attached hydrogen (secondary N) is 3. The lowest BCUT2D eigenvalue weighted by Gasteiger charge is -2.21. The van der Waals surface area contributed by atoms with Crippen LogP contribution in [0.5, 0.6) is 0 Å². The Kier molecular flexibility index (Phi) is 7.97. The number of hydrogen-bond acceptors (Lipinski definition) is 3. The molecule has 0 aliphatic heterocycles. The van der Waals surface area contributed by atoms with Crippen molar-refractivity contribution in [1.82, 2.24) is 5.32 Å². The third kappa shape index (κ3) is 6.95. The van der Waals surface area contributed by atoms with Crippen molar-refractivity contribution in [3.05, 3.63) is 59.7 Å². The molecule has 2 aromatic carbocycles. The Hall–Kier alpha value is -2.73. The number of thiocarbonyl (C=S) groups is 1. The molecule has 0 unspecified atom stereocenters. The average Bonchev–Trinajstić information content (AvgIpc) is 2.74. The van der Waals surface area contributed by atoms with E-state index in [9.17, 15) is 9.59 Å². The number of amides is 2. The Morgan fingerprint density at radius 3 is 2.30 bits per heavy atom. The van der Waals surface area contributed by atoms with Gasteiger partial charge >= 0.3 is 0 Å². The summed E-state index contributed by atoms with van der Waals surface area (Å²) >= 11 is 5.25. The van der Waals surface area contributed by atoms with Crippen molar-refractivity contribution in [2.24, 2.45) is 5.92 Å². The van der Waals surface area contributed by atoms with Gasteiger partial charge < -0.3 is 16.0 Å². The van der Waals surface area contributed by atoms with E-state index in [1.807, 2.05) is 37.3 Å². The van der Waals surface area contributed by atoms with E-state index in [0.717, 1.165) is 17.7 Å². The van der Waals surface area contributed by atoms with Gasteiger partial charge in [-0.1, -0.05) is 49.8 Å². The Labute approximate surface area is 183 Å².